The summed E-state index contributed by atoms with van der Waals surface area (Å²) in [6, 6.07) is -0.0245. The molecule has 1 saturated carbocycles. The second-order valence-electron chi connectivity index (χ2n) is 6.29. The quantitative estimate of drug-likeness (QED) is 0.778. The Morgan fingerprint density at radius 3 is 2.53 bits per heavy atom. The minimum Gasteiger partial charge on any atom is -0.481 e. The number of likely N-dealkylation sites (tertiary alicyclic amines) is 1. The molecular formula is C14H24N2O3. The summed E-state index contributed by atoms with van der Waals surface area (Å²) in [6.45, 7) is 6.11. The normalized spacial score (nSPS) is 28.4. The van der Waals surface area contributed by atoms with Gasteiger partial charge in [-0.15, -0.1) is 0 Å². The zero-order chi connectivity index (χ0) is 14.0. The van der Waals surface area contributed by atoms with E-state index in [1.807, 2.05) is 13.8 Å². The van der Waals surface area contributed by atoms with Gasteiger partial charge in [0.15, 0.2) is 0 Å². The number of nitrogens with one attached hydrogen (secondary N) is 1. The molecule has 5 heteroatoms. The van der Waals surface area contributed by atoms with Crippen LogP contribution in [-0.4, -0.2) is 47.6 Å². The van der Waals surface area contributed by atoms with E-state index in [4.69, 9.17) is 0 Å². The van der Waals surface area contributed by atoms with Crippen LogP contribution in [0.25, 0.3) is 0 Å². The molecule has 0 bridgehead atoms. The van der Waals surface area contributed by atoms with Gasteiger partial charge in [-0.25, -0.2) is 0 Å². The highest BCUT2D eigenvalue weighted by Crippen LogP contribution is 2.31. The molecular weight excluding hydrogens is 244 g/mol. The van der Waals surface area contributed by atoms with Crippen LogP contribution in [-0.2, 0) is 9.59 Å². The molecule has 2 unspecified atom stereocenters. The van der Waals surface area contributed by atoms with Crippen molar-refractivity contribution in [3.63, 3.8) is 0 Å². The Morgan fingerprint density at radius 1 is 1.32 bits per heavy atom. The molecule has 2 atom stereocenters. The summed E-state index contributed by atoms with van der Waals surface area (Å²) < 4.78 is 0. The predicted octanol–water partition coefficient (Wildman–Crippen LogP) is 0.944. The highest BCUT2D eigenvalue weighted by atomic mass is 16.4. The first-order valence-corrected chi connectivity index (χ1v) is 7.21. The maximum Gasteiger partial charge on any atom is 0.307 e. The standard InChI is InChI=1S/C14H24N2O3/c1-9(2)13(17)15-12-5-11(14(18)19)7-16(8-12)6-10-3-4-10/h9-12H,3-8H2,1-2H3,(H,15,17)(H,18,19). The number of hydrogen-bond acceptors (Lipinski definition) is 3. The Bertz CT molecular complexity index is 353. The summed E-state index contributed by atoms with van der Waals surface area (Å²) in [5.74, 6) is -0.396. The fourth-order valence-corrected chi connectivity index (χ4v) is 2.66. The first kappa shape index (κ1) is 14.3. The molecule has 1 amide bonds. The van der Waals surface area contributed by atoms with Crippen LogP contribution in [0, 0.1) is 17.8 Å². The summed E-state index contributed by atoms with van der Waals surface area (Å²) >= 11 is 0. The minimum absolute atomic E-state index is 0.0161. The van der Waals surface area contributed by atoms with E-state index in [-0.39, 0.29) is 23.8 Å². The number of nitrogens with zero attached hydrogens (tertiary/aromatic N) is 1. The maximum absolute atomic E-state index is 11.8. The Kier molecular flexibility index (Phi) is 4.45. The van der Waals surface area contributed by atoms with Crippen molar-refractivity contribution in [3.05, 3.63) is 0 Å². The number of rotatable bonds is 5. The van der Waals surface area contributed by atoms with Crippen molar-refractivity contribution in [2.75, 3.05) is 19.6 Å². The average molecular weight is 268 g/mol. The maximum atomic E-state index is 11.8. The molecule has 0 radical (unpaired) electrons. The van der Waals surface area contributed by atoms with E-state index in [9.17, 15) is 14.7 Å². The molecule has 0 aromatic carbocycles. The lowest BCUT2D eigenvalue weighted by Crippen LogP contribution is -2.53. The van der Waals surface area contributed by atoms with Gasteiger partial charge in [-0.2, -0.15) is 0 Å². The van der Waals surface area contributed by atoms with Crippen LogP contribution in [0.1, 0.15) is 33.1 Å². The van der Waals surface area contributed by atoms with Gasteiger partial charge in [0, 0.05) is 31.6 Å². The van der Waals surface area contributed by atoms with E-state index < -0.39 is 5.97 Å². The fourth-order valence-electron chi connectivity index (χ4n) is 2.66. The monoisotopic (exact) mass is 268 g/mol. The number of carbonyl (C=O) groups is 2. The van der Waals surface area contributed by atoms with Gasteiger partial charge in [0.1, 0.15) is 0 Å². The van der Waals surface area contributed by atoms with Gasteiger partial charge >= 0.3 is 5.97 Å². The summed E-state index contributed by atoms with van der Waals surface area (Å²) in [5.41, 5.74) is 0. The number of aliphatic carboxylic acids is 1. The molecule has 1 aliphatic carbocycles. The molecule has 0 aromatic rings. The number of carbonyl (C=O) groups excluding carboxylic acids is 1. The highest BCUT2D eigenvalue weighted by Gasteiger charge is 2.35. The molecule has 0 spiro atoms. The van der Waals surface area contributed by atoms with Gasteiger partial charge in [-0.05, 0) is 25.2 Å². The Morgan fingerprint density at radius 2 is 2.00 bits per heavy atom. The van der Waals surface area contributed by atoms with Crippen LogP contribution in [0.3, 0.4) is 0 Å². The third-order valence-electron chi connectivity index (χ3n) is 3.96. The molecule has 108 valence electrons. The van der Waals surface area contributed by atoms with Crippen LogP contribution in [0.15, 0.2) is 0 Å². The lowest BCUT2D eigenvalue weighted by molar-refractivity contribution is -0.144. The van der Waals surface area contributed by atoms with Crippen molar-refractivity contribution >= 4 is 11.9 Å². The van der Waals surface area contributed by atoms with E-state index in [0.29, 0.717) is 13.0 Å². The van der Waals surface area contributed by atoms with Crippen LogP contribution < -0.4 is 5.32 Å². The minimum atomic E-state index is -0.746. The number of carboxylic acid groups (broad SMARTS) is 1. The molecule has 2 rings (SSSR count). The molecule has 1 heterocycles. The molecule has 1 aliphatic heterocycles. The number of amides is 1. The van der Waals surface area contributed by atoms with E-state index in [0.717, 1.165) is 19.0 Å². The number of piperidine rings is 1. The smallest absolute Gasteiger partial charge is 0.307 e. The van der Waals surface area contributed by atoms with Crippen molar-refractivity contribution in [1.29, 1.82) is 0 Å². The summed E-state index contributed by atoms with van der Waals surface area (Å²) in [5, 5.41) is 12.2. The van der Waals surface area contributed by atoms with Gasteiger partial charge < -0.3 is 15.3 Å². The zero-order valence-electron chi connectivity index (χ0n) is 11.8. The summed E-state index contributed by atoms with van der Waals surface area (Å²) in [4.78, 5) is 25.2. The van der Waals surface area contributed by atoms with Crippen LogP contribution in [0.2, 0.25) is 0 Å². The highest BCUT2D eigenvalue weighted by molar-refractivity contribution is 5.78. The predicted molar refractivity (Wildman–Crippen MR) is 71.7 cm³/mol. The summed E-state index contributed by atoms with van der Waals surface area (Å²) in [7, 11) is 0. The van der Waals surface area contributed by atoms with Gasteiger partial charge in [-0.3, -0.25) is 9.59 Å². The molecule has 2 fully saturated rings. The summed E-state index contributed by atoms with van der Waals surface area (Å²) in [6.07, 6.45) is 3.07. The number of hydrogen-bond donors (Lipinski definition) is 2. The van der Waals surface area contributed by atoms with Crippen molar-refractivity contribution in [2.45, 2.75) is 39.2 Å². The van der Waals surface area contributed by atoms with Crippen molar-refractivity contribution in [1.82, 2.24) is 10.2 Å². The van der Waals surface area contributed by atoms with Gasteiger partial charge in [-0.1, -0.05) is 13.8 Å². The Balaban J connectivity index is 1.92. The molecule has 0 aromatic heterocycles. The Labute approximate surface area is 114 Å². The molecule has 2 aliphatic rings. The van der Waals surface area contributed by atoms with Crippen LogP contribution in [0.4, 0.5) is 0 Å². The zero-order valence-corrected chi connectivity index (χ0v) is 11.8. The third-order valence-corrected chi connectivity index (χ3v) is 3.96. The number of carboxylic acids is 1. The van der Waals surface area contributed by atoms with Crippen LogP contribution >= 0.6 is 0 Å². The first-order chi connectivity index (χ1) is 8.95. The van der Waals surface area contributed by atoms with Gasteiger partial charge in [0.2, 0.25) is 5.91 Å². The SMILES string of the molecule is CC(C)C(=O)NC1CC(C(=O)O)CN(CC2CC2)C1. The first-order valence-electron chi connectivity index (χ1n) is 7.21. The average Bonchev–Trinajstić information content (AvgIpc) is 3.12. The van der Waals surface area contributed by atoms with Crippen molar-refractivity contribution < 1.29 is 14.7 Å². The molecule has 19 heavy (non-hydrogen) atoms. The topological polar surface area (TPSA) is 69.6 Å². The molecule has 2 N–H and O–H groups in total. The van der Waals surface area contributed by atoms with Crippen molar-refractivity contribution in [2.24, 2.45) is 17.8 Å². The van der Waals surface area contributed by atoms with Crippen molar-refractivity contribution in [3.8, 4) is 0 Å². The van der Waals surface area contributed by atoms with E-state index in [1.165, 1.54) is 12.8 Å². The lowest BCUT2D eigenvalue weighted by atomic mass is 9.93. The molecule has 5 nitrogen and oxygen atoms in total. The molecule has 1 saturated heterocycles. The van der Waals surface area contributed by atoms with Gasteiger partial charge in [0.25, 0.3) is 0 Å². The third kappa shape index (κ3) is 4.20. The second kappa shape index (κ2) is 5.90. The lowest BCUT2D eigenvalue weighted by Gasteiger charge is -2.36. The van der Waals surface area contributed by atoms with E-state index in [1.54, 1.807) is 0 Å². The van der Waals surface area contributed by atoms with Crippen LogP contribution in [0.5, 0.6) is 0 Å². The fraction of sp³-hybridized carbons (Fsp3) is 0.857. The van der Waals surface area contributed by atoms with E-state index >= 15 is 0 Å². The van der Waals surface area contributed by atoms with Gasteiger partial charge in [0.05, 0.1) is 5.92 Å². The second-order valence-corrected chi connectivity index (χ2v) is 6.29. The largest absolute Gasteiger partial charge is 0.481 e. The Hall–Kier alpha value is -1.10. The van der Waals surface area contributed by atoms with E-state index in [2.05, 4.69) is 10.2 Å².